The molecule has 0 bridgehead atoms. The van der Waals surface area contributed by atoms with E-state index in [4.69, 9.17) is 17.3 Å². The third-order valence-corrected chi connectivity index (χ3v) is 4.07. The fourth-order valence-electron chi connectivity index (χ4n) is 2.65. The van der Waals surface area contributed by atoms with E-state index >= 15 is 0 Å². The van der Waals surface area contributed by atoms with Gasteiger partial charge in [0.25, 0.3) is 0 Å². The highest BCUT2D eigenvalue weighted by atomic mass is 35.5. The van der Waals surface area contributed by atoms with Crippen molar-refractivity contribution in [1.29, 1.82) is 0 Å². The Morgan fingerprint density at radius 3 is 2.50 bits per heavy atom. The summed E-state index contributed by atoms with van der Waals surface area (Å²) in [6, 6.07) is 7.15. The summed E-state index contributed by atoms with van der Waals surface area (Å²) in [6.07, 6.45) is 2.85. The van der Waals surface area contributed by atoms with E-state index in [0.29, 0.717) is 17.1 Å². The van der Waals surface area contributed by atoms with Crippen LogP contribution in [0.1, 0.15) is 37.4 Å². The Labute approximate surface area is 101 Å². The predicted molar refractivity (Wildman–Crippen MR) is 65.3 cm³/mol. The molecule has 1 fully saturated rings. The van der Waals surface area contributed by atoms with E-state index in [1.54, 1.807) is 12.1 Å². The van der Waals surface area contributed by atoms with E-state index in [1.165, 1.54) is 0 Å². The standard InChI is InChI=1S/C13H17ClFN/c14-11-6-2-1-5-10(11)12(15)13(9-16)7-3-4-8-13/h1-2,5-6,12H,3-4,7-9,16H2. The van der Waals surface area contributed by atoms with Gasteiger partial charge in [-0.05, 0) is 18.9 Å². The maximum absolute atomic E-state index is 14.6. The minimum Gasteiger partial charge on any atom is -0.330 e. The average Bonchev–Trinajstić information content (AvgIpc) is 2.78. The number of rotatable bonds is 3. The second kappa shape index (κ2) is 4.72. The van der Waals surface area contributed by atoms with Gasteiger partial charge in [-0.3, -0.25) is 0 Å². The Bertz CT molecular complexity index is 361. The van der Waals surface area contributed by atoms with Crippen molar-refractivity contribution in [3.8, 4) is 0 Å². The van der Waals surface area contributed by atoms with Crippen molar-refractivity contribution in [1.82, 2.24) is 0 Å². The highest BCUT2D eigenvalue weighted by Crippen LogP contribution is 2.50. The summed E-state index contributed by atoms with van der Waals surface area (Å²) >= 11 is 6.04. The number of alkyl halides is 1. The summed E-state index contributed by atoms with van der Waals surface area (Å²) in [6.45, 7) is 0.402. The summed E-state index contributed by atoms with van der Waals surface area (Å²) < 4.78 is 14.6. The third-order valence-electron chi connectivity index (χ3n) is 3.72. The molecule has 0 heterocycles. The number of hydrogen-bond donors (Lipinski definition) is 1. The van der Waals surface area contributed by atoms with Gasteiger partial charge in [0.15, 0.2) is 0 Å². The van der Waals surface area contributed by atoms with E-state index in [2.05, 4.69) is 0 Å². The largest absolute Gasteiger partial charge is 0.330 e. The van der Waals surface area contributed by atoms with E-state index in [9.17, 15) is 4.39 Å². The zero-order valence-corrected chi connectivity index (χ0v) is 10.0. The Morgan fingerprint density at radius 1 is 1.31 bits per heavy atom. The van der Waals surface area contributed by atoms with Crippen LogP contribution in [0.3, 0.4) is 0 Å². The molecule has 3 heteroatoms. The highest BCUT2D eigenvalue weighted by Gasteiger charge is 2.42. The Balaban J connectivity index is 2.30. The van der Waals surface area contributed by atoms with Crippen molar-refractivity contribution < 1.29 is 4.39 Å². The molecule has 0 spiro atoms. The molecule has 1 aromatic carbocycles. The van der Waals surface area contributed by atoms with Crippen LogP contribution in [0.4, 0.5) is 4.39 Å². The molecule has 1 nitrogen and oxygen atoms in total. The molecular weight excluding hydrogens is 225 g/mol. The van der Waals surface area contributed by atoms with Crippen LogP contribution in [-0.4, -0.2) is 6.54 Å². The Hall–Kier alpha value is -0.600. The smallest absolute Gasteiger partial charge is 0.133 e. The monoisotopic (exact) mass is 241 g/mol. The van der Waals surface area contributed by atoms with Crippen LogP contribution in [0.2, 0.25) is 5.02 Å². The molecule has 2 N–H and O–H groups in total. The van der Waals surface area contributed by atoms with Gasteiger partial charge in [0.05, 0.1) is 0 Å². The average molecular weight is 242 g/mol. The maximum atomic E-state index is 14.6. The van der Waals surface area contributed by atoms with Gasteiger partial charge in [-0.2, -0.15) is 0 Å². The fourth-order valence-corrected chi connectivity index (χ4v) is 2.88. The van der Waals surface area contributed by atoms with Crippen LogP contribution < -0.4 is 5.73 Å². The molecule has 88 valence electrons. The molecule has 0 amide bonds. The molecule has 1 aromatic rings. The number of benzene rings is 1. The van der Waals surface area contributed by atoms with Crippen molar-refractivity contribution >= 4 is 11.6 Å². The van der Waals surface area contributed by atoms with Gasteiger partial charge in [0.2, 0.25) is 0 Å². The molecule has 1 aliphatic carbocycles. The first-order valence-corrected chi connectivity index (χ1v) is 6.16. The van der Waals surface area contributed by atoms with E-state index in [0.717, 1.165) is 25.7 Å². The summed E-state index contributed by atoms with van der Waals surface area (Å²) in [7, 11) is 0. The Morgan fingerprint density at radius 2 is 1.94 bits per heavy atom. The molecule has 1 saturated carbocycles. The lowest BCUT2D eigenvalue weighted by molar-refractivity contribution is 0.119. The van der Waals surface area contributed by atoms with Crippen LogP contribution in [0, 0.1) is 5.41 Å². The maximum Gasteiger partial charge on any atom is 0.133 e. The zero-order chi connectivity index (χ0) is 11.6. The lowest BCUT2D eigenvalue weighted by Crippen LogP contribution is -2.32. The van der Waals surface area contributed by atoms with Crippen LogP contribution in [-0.2, 0) is 0 Å². The first-order valence-electron chi connectivity index (χ1n) is 5.78. The summed E-state index contributed by atoms with van der Waals surface area (Å²) in [5, 5.41) is 0.509. The van der Waals surface area contributed by atoms with Crippen LogP contribution >= 0.6 is 11.6 Å². The van der Waals surface area contributed by atoms with Crippen molar-refractivity contribution in [3.63, 3.8) is 0 Å². The SMILES string of the molecule is NCC1(C(F)c2ccccc2Cl)CCCC1. The molecule has 16 heavy (non-hydrogen) atoms. The highest BCUT2D eigenvalue weighted by molar-refractivity contribution is 6.31. The summed E-state index contributed by atoms with van der Waals surface area (Å²) in [5.41, 5.74) is 5.98. The van der Waals surface area contributed by atoms with Crippen LogP contribution in [0.5, 0.6) is 0 Å². The minimum atomic E-state index is -1.03. The molecule has 0 saturated heterocycles. The second-order valence-corrected chi connectivity index (χ2v) is 5.06. The first kappa shape index (κ1) is 11.9. The predicted octanol–water partition coefficient (Wildman–Crippen LogP) is 3.87. The quantitative estimate of drug-likeness (QED) is 0.854. The first-order chi connectivity index (χ1) is 7.69. The van der Waals surface area contributed by atoms with Gasteiger partial charge in [0, 0.05) is 22.5 Å². The molecule has 0 aromatic heterocycles. The third kappa shape index (κ3) is 1.96. The minimum absolute atomic E-state index is 0.384. The molecule has 2 rings (SSSR count). The molecule has 0 radical (unpaired) electrons. The fraction of sp³-hybridized carbons (Fsp3) is 0.538. The van der Waals surface area contributed by atoms with Gasteiger partial charge < -0.3 is 5.73 Å². The number of halogens is 2. The summed E-state index contributed by atoms with van der Waals surface area (Å²) in [4.78, 5) is 0. The molecule has 0 aliphatic heterocycles. The number of nitrogens with two attached hydrogens (primary N) is 1. The molecule has 1 aliphatic rings. The van der Waals surface area contributed by atoms with Crippen molar-refractivity contribution in [3.05, 3.63) is 34.9 Å². The van der Waals surface area contributed by atoms with Gasteiger partial charge in [-0.15, -0.1) is 0 Å². The van der Waals surface area contributed by atoms with Gasteiger partial charge >= 0.3 is 0 Å². The van der Waals surface area contributed by atoms with E-state index < -0.39 is 6.17 Å². The summed E-state index contributed by atoms with van der Waals surface area (Å²) in [5.74, 6) is 0. The van der Waals surface area contributed by atoms with Crippen molar-refractivity contribution in [2.75, 3.05) is 6.54 Å². The molecular formula is C13H17ClFN. The normalized spacial score (nSPS) is 20.9. The van der Waals surface area contributed by atoms with Crippen molar-refractivity contribution in [2.24, 2.45) is 11.1 Å². The number of hydrogen-bond acceptors (Lipinski definition) is 1. The van der Waals surface area contributed by atoms with E-state index in [-0.39, 0.29) is 5.41 Å². The van der Waals surface area contributed by atoms with Crippen LogP contribution in [0.25, 0.3) is 0 Å². The van der Waals surface area contributed by atoms with Crippen LogP contribution in [0.15, 0.2) is 24.3 Å². The van der Waals surface area contributed by atoms with Gasteiger partial charge in [-0.25, -0.2) is 4.39 Å². The van der Waals surface area contributed by atoms with Gasteiger partial charge in [-0.1, -0.05) is 42.6 Å². The topological polar surface area (TPSA) is 26.0 Å². The van der Waals surface area contributed by atoms with E-state index in [1.807, 2.05) is 12.1 Å². The molecule has 1 unspecified atom stereocenters. The molecule has 1 atom stereocenters. The van der Waals surface area contributed by atoms with Gasteiger partial charge in [0.1, 0.15) is 6.17 Å². The lowest BCUT2D eigenvalue weighted by Gasteiger charge is -2.31. The lowest BCUT2D eigenvalue weighted by atomic mass is 9.78. The van der Waals surface area contributed by atoms with Crippen molar-refractivity contribution in [2.45, 2.75) is 31.9 Å². The second-order valence-electron chi connectivity index (χ2n) is 4.66. The zero-order valence-electron chi connectivity index (χ0n) is 9.26. The Kier molecular flexibility index (Phi) is 3.50.